The molecule has 1 aromatic carbocycles. The van der Waals surface area contributed by atoms with E-state index in [0.29, 0.717) is 25.1 Å². The number of hydrogen-bond donors (Lipinski definition) is 1. The minimum absolute atomic E-state index is 0.170. The quantitative estimate of drug-likeness (QED) is 0.780. The molecule has 1 aliphatic rings. The van der Waals surface area contributed by atoms with E-state index in [1.54, 1.807) is 18.2 Å². The van der Waals surface area contributed by atoms with Gasteiger partial charge in [-0.15, -0.1) is 4.40 Å². The van der Waals surface area contributed by atoms with E-state index < -0.39 is 10.0 Å². The highest BCUT2D eigenvalue weighted by atomic mass is 32.2. The number of ether oxygens (including phenoxy) is 1. The molecule has 1 aliphatic heterocycles. The lowest BCUT2D eigenvalue weighted by atomic mass is 10.2. The molecule has 0 aliphatic carbocycles. The van der Waals surface area contributed by atoms with Gasteiger partial charge in [0, 0.05) is 0 Å². The van der Waals surface area contributed by atoms with Crippen molar-refractivity contribution < 1.29 is 13.2 Å². The second-order valence-corrected chi connectivity index (χ2v) is 4.93. The third kappa shape index (κ3) is 1.94. The predicted octanol–water partition coefficient (Wildman–Crippen LogP) is 0.501. The Hall–Kier alpha value is -1.40. The highest BCUT2D eigenvalue weighted by Gasteiger charge is 2.29. The van der Waals surface area contributed by atoms with Gasteiger partial charge in [0.1, 0.15) is 4.90 Å². The molecule has 0 saturated carbocycles. The van der Waals surface area contributed by atoms with E-state index >= 15 is 0 Å². The van der Waals surface area contributed by atoms with Crippen molar-refractivity contribution >= 4 is 15.9 Å². The molecule has 0 spiro atoms. The first-order valence-corrected chi connectivity index (χ1v) is 6.36. The van der Waals surface area contributed by atoms with E-state index in [-0.39, 0.29) is 10.8 Å². The Bertz CT molecular complexity index is 523. The van der Waals surface area contributed by atoms with Gasteiger partial charge < -0.3 is 10.5 Å². The molecule has 0 aromatic heterocycles. The van der Waals surface area contributed by atoms with Gasteiger partial charge in [-0.2, -0.15) is 8.42 Å². The van der Waals surface area contributed by atoms with Crippen LogP contribution in [0.2, 0.25) is 0 Å². The van der Waals surface area contributed by atoms with Gasteiger partial charge in [0.15, 0.2) is 0 Å². The Morgan fingerprint density at radius 2 is 2.06 bits per heavy atom. The molecule has 1 aromatic rings. The second-order valence-electron chi connectivity index (χ2n) is 3.36. The highest BCUT2D eigenvalue weighted by molar-refractivity contribution is 7.90. The van der Waals surface area contributed by atoms with Crippen LogP contribution in [0, 0.1) is 0 Å². The van der Waals surface area contributed by atoms with E-state index in [0.717, 1.165) is 0 Å². The van der Waals surface area contributed by atoms with E-state index in [4.69, 9.17) is 10.5 Å². The lowest BCUT2D eigenvalue weighted by molar-refractivity contribution is 0.303. The van der Waals surface area contributed by atoms with E-state index in [1.165, 1.54) is 6.07 Å². The summed E-state index contributed by atoms with van der Waals surface area (Å²) in [6.07, 6.45) is 0.668. The predicted molar refractivity (Wildman–Crippen MR) is 59.8 cm³/mol. The SMILES string of the molecule is NCCCOC1=NS(=O)(=O)c2ccccc21. The summed E-state index contributed by atoms with van der Waals surface area (Å²) in [4.78, 5) is 0.206. The first kappa shape index (κ1) is 11.1. The maximum absolute atomic E-state index is 11.6. The zero-order valence-electron chi connectivity index (χ0n) is 8.59. The summed E-state index contributed by atoms with van der Waals surface area (Å²) < 4.78 is 32.1. The molecule has 86 valence electrons. The van der Waals surface area contributed by atoms with Crippen LogP contribution in [0.15, 0.2) is 33.6 Å². The van der Waals surface area contributed by atoms with Crippen LogP contribution in [0.4, 0.5) is 0 Å². The Morgan fingerprint density at radius 1 is 1.31 bits per heavy atom. The molecule has 2 N–H and O–H groups in total. The lowest BCUT2D eigenvalue weighted by Crippen LogP contribution is -2.09. The van der Waals surface area contributed by atoms with E-state index in [9.17, 15) is 8.42 Å². The minimum Gasteiger partial charge on any atom is -0.477 e. The Kier molecular flexibility index (Phi) is 2.93. The summed E-state index contributed by atoms with van der Waals surface area (Å²) in [6.45, 7) is 0.876. The van der Waals surface area contributed by atoms with Crippen LogP contribution >= 0.6 is 0 Å². The molecule has 0 bridgehead atoms. The van der Waals surface area contributed by atoms with Crippen molar-refractivity contribution in [1.82, 2.24) is 0 Å². The van der Waals surface area contributed by atoms with Crippen molar-refractivity contribution in [3.05, 3.63) is 29.8 Å². The molecule has 0 fully saturated rings. The molecule has 2 rings (SSSR count). The van der Waals surface area contributed by atoms with Crippen LogP contribution in [-0.2, 0) is 14.8 Å². The van der Waals surface area contributed by atoms with Gasteiger partial charge >= 0.3 is 0 Å². The number of nitrogens with zero attached hydrogens (tertiary/aromatic N) is 1. The first-order chi connectivity index (χ1) is 7.65. The molecule has 1 heterocycles. The molecular weight excluding hydrogens is 228 g/mol. The van der Waals surface area contributed by atoms with E-state index in [1.807, 2.05) is 0 Å². The van der Waals surface area contributed by atoms with Gasteiger partial charge in [0.05, 0.1) is 12.2 Å². The standard InChI is InChI=1S/C10H12N2O3S/c11-6-3-7-15-10-8-4-1-2-5-9(8)16(13,14)12-10/h1-2,4-5H,3,6-7,11H2. The molecule has 0 saturated heterocycles. The van der Waals surface area contributed by atoms with Crippen LogP contribution < -0.4 is 5.73 Å². The summed E-state index contributed by atoms with van der Waals surface area (Å²) in [5, 5.41) is 0. The number of benzene rings is 1. The largest absolute Gasteiger partial charge is 0.477 e. The van der Waals surface area contributed by atoms with Gasteiger partial charge in [-0.3, -0.25) is 0 Å². The van der Waals surface area contributed by atoms with Gasteiger partial charge in [-0.25, -0.2) is 0 Å². The van der Waals surface area contributed by atoms with Gasteiger partial charge in [0.25, 0.3) is 10.0 Å². The average Bonchev–Trinajstić information content (AvgIpc) is 2.52. The van der Waals surface area contributed by atoms with Crippen LogP contribution in [-0.4, -0.2) is 27.5 Å². The highest BCUT2D eigenvalue weighted by Crippen LogP contribution is 2.26. The second kappa shape index (κ2) is 4.23. The molecule has 5 nitrogen and oxygen atoms in total. The number of nitrogens with two attached hydrogens (primary N) is 1. The van der Waals surface area contributed by atoms with Crippen molar-refractivity contribution in [2.75, 3.05) is 13.2 Å². The fourth-order valence-corrected chi connectivity index (χ4v) is 2.58. The fraction of sp³-hybridized carbons (Fsp3) is 0.300. The van der Waals surface area contributed by atoms with Gasteiger partial charge in [0.2, 0.25) is 5.90 Å². The number of hydrogen-bond acceptors (Lipinski definition) is 4. The Labute approximate surface area is 94.0 Å². The summed E-state index contributed by atoms with van der Waals surface area (Å²) in [5.41, 5.74) is 5.85. The zero-order valence-corrected chi connectivity index (χ0v) is 9.40. The van der Waals surface area contributed by atoms with Crippen molar-refractivity contribution in [2.45, 2.75) is 11.3 Å². The van der Waals surface area contributed by atoms with Crippen LogP contribution in [0.3, 0.4) is 0 Å². The normalized spacial score (nSPS) is 16.7. The molecular formula is C10H12N2O3S. The van der Waals surface area contributed by atoms with Crippen LogP contribution in [0.1, 0.15) is 12.0 Å². The molecule has 16 heavy (non-hydrogen) atoms. The van der Waals surface area contributed by atoms with Crippen molar-refractivity contribution in [2.24, 2.45) is 10.1 Å². The zero-order chi connectivity index (χ0) is 11.6. The van der Waals surface area contributed by atoms with Crippen LogP contribution in [0.5, 0.6) is 0 Å². The third-order valence-corrected chi connectivity index (χ3v) is 3.50. The topological polar surface area (TPSA) is 81.8 Å². The first-order valence-electron chi connectivity index (χ1n) is 4.92. The minimum atomic E-state index is -3.56. The fourth-order valence-electron chi connectivity index (χ4n) is 1.43. The summed E-state index contributed by atoms with van der Waals surface area (Å²) in [5.74, 6) is 0.170. The van der Waals surface area contributed by atoms with Crippen molar-refractivity contribution in [1.29, 1.82) is 0 Å². The lowest BCUT2D eigenvalue weighted by Gasteiger charge is -2.04. The maximum atomic E-state index is 11.6. The molecule has 0 unspecified atom stereocenters. The van der Waals surface area contributed by atoms with Crippen molar-refractivity contribution in [3.8, 4) is 0 Å². The Balaban J connectivity index is 2.29. The smallest absolute Gasteiger partial charge is 0.286 e. The van der Waals surface area contributed by atoms with Crippen LogP contribution in [0.25, 0.3) is 0 Å². The molecule has 0 amide bonds. The molecule has 0 atom stereocenters. The number of sulfonamides is 1. The Morgan fingerprint density at radius 3 is 2.81 bits per heavy atom. The molecule has 6 heteroatoms. The van der Waals surface area contributed by atoms with E-state index in [2.05, 4.69) is 4.40 Å². The average molecular weight is 240 g/mol. The summed E-state index contributed by atoms with van der Waals surface area (Å²) >= 11 is 0. The monoisotopic (exact) mass is 240 g/mol. The number of rotatable bonds is 3. The third-order valence-electron chi connectivity index (χ3n) is 2.19. The molecule has 0 radical (unpaired) electrons. The van der Waals surface area contributed by atoms with Gasteiger partial charge in [-0.05, 0) is 25.1 Å². The summed E-state index contributed by atoms with van der Waals surface area (Å²) in [6, 6.07) is 6.62. The van der Waals surface area contributed by atoms with Crippen molar-refractivity contribution in [3.63, 3.8) is 0 Å². The maximum Gasteiger partial charge on any atom is 0.286 e. The summed E-state index contributed by atoms with van der Waals surface area (Å²) in [7, 11) is -3.56. The van der Waals surface area contributed by atoms with Gasteiger partial charge in [-0.1, -0.05) is 12.1 Å². The number of fused-ring (bicyclic) bond motifs is 1.